The van der Waals surface area contributed by atoms with Gasteiger partial charge in [-0.2, -0.15) is 0 Å². The average Bonchev–Trinajstić information content (AvgIpc) is 2.94. The third kappa shape index (κ3) is 3.03. The fourth-order valence-electron chi connectivity index (χ4n) is 4.10. The van der Waals surface area contributed by atoms with Crippen LogP contribution in [0.5, 0.6) is 0 Å². The highest BCUT2D eigenvalue weighted by Gasteiger charge is 2.22. The van der Waals surface area contributed by atoms with Gasteiger partial charge in [-0.05, 0) is 55.9 Å². The number of rotatable bonds is 3. The molecule has 2 aromatic carbocycles. The lowest BCUT2D eigenvalue weighted by Gasteiger charge is -2.11. The Morgan fingerprint density at radius 3 is 2.41 bits per heavy atom. The molecule has 0 unspecified atom stereocenters. The van der Waals surface area contributed by atoms with E-state index in [2.05, 4.69) is 88.8 Å². The van der Waals surface area contributed by atoms with E-state index in [1.165, 1.54) is 44.3 Å². The molecule has 0 aliphatic heterocycles. The van der Waals surface area contributed by atoms with Crippen molar-refractivity contribution in [1.29, 1.82) is 0 Å². The molecule has 0 aliphatic rings. The first-order chi connectivity index (χ1) is 12.8. The third-order valence-corrected chi connectivity index (χ3v) is 5.47. The van der Waals surface area contributed by atoms with Crippen LogP contribution in [-0.4, -0.2) is 0 Å². The molecule has 0 radical (unpaired) electrons. The normalized spacial score (nSPS) is 11.8. The van der Waals surface area contributed by atoms with E-state index in [9.17, 15) is 0 Å². The molecule has 138 valence electrons. The second kappa shape index (κ2) is 6.53. The fraction of sp³-hybridized carbons (Fsp3) is 0.320. The number of aromatic nitrogens is 1. The largest absolute Gasteiger partial charge is 0.455 e. The van der Waals surface area contributed by atoms with Crippen molar-refractivity contribution in [3.8, 4) is 11.3 Å². The molecule has 2 heteroatoms. The van der Waals surface area contributed by atoms with Crippen molar-refractivity contribution >= 4 is 21.9 Å². The van der Waals surface area contributed by atoms with Gasteiger partial charge in [-0.25, -0.2) is 4.57 Å². The number of fused-ring (bicyclic) bond motifs is 3. The smallest absolute Gasteiger partial charge is 0.216 e. The highest BCUT2D eigenvalue weighted by Crippen LogP contribution is 2.37. The van der Waals surface area contributed by atoms with Crippen LogP contribution in [0.3, 0.4) is 0 Å². The van der Waals surface area contributed by atoms with Crippen LogP contribution in [0.15, 0.2) is 47.0 Å². The zero-order chi connectivity index (χ0) is 19.3. The van der Waals surface area contributed by atoms with Crippen LogP contribution in [0.4, 0.5) is 0 Å². The highest BCUT2D eigenvalue weighted by atomic mass is 16.3. The molecule has 0 spiro atoms. The van der Waals surface area contributed by atoms with Crippen LogP contribution in [0, 0.1) is 26.7 Å². The predicted octanol–water partition coefficient (Wildman–Crippen LogP) is 6.20. The number of hydrogen-bond acceptors (Lipinski definition) is 1. The molecule has 0 aliphatic carbocycles. The number of benzene rings is 2. The monoisotopic (exact) mass is 358 g/mol. The Bertz CT molecular complexity index is 1160. The summed E-state index contributed by atoms with van der Waals surface area (Å²) in [5.41, 5.74) is 9.61. The summed E-state index contributed by atoms with van der Waals surface area (Å²) in [6.45, 7) is 11.0. The lowest BCUT2D eigenvalue weighted by atomic mass is 9.95. The topological polar surface area (TPSA) is 17.0 Å². The Kier molecular flexibility index (Phi) is 4.30. The van der Waals surface area contributed by atoms with Crippen LogP contribution in [-0.2, 0) is 13.5 Å². The Morgan fingerprint density at radius 2 is 1.67 bits per heavy atom. The molecule has 0 atom stereocenters. The van der Waals surface area contributed by atoms with E-state index in [1.54, 1.807) is 0 Å². The molecule has 0 saturated carbocycles. The first-order valence-electron chi connectivity index (χ1n) is 9.77. The summed E-state index contributed by atoms with van der Waals surface area (Å²) in [5.74, 6) is 0.635. The molecule has 0 saturated heterocycles. The zero-order valence-corrected chi connectivity index (χ0v) is 17.2. The van der Waals surface area contributed by atoms with Gasteiger partial charge in [0, 0.05) is 22.4 Å². The molecule has 27 heavy (non-hydrogen) atoms. The quantitative estimate of drug-likeness (QED) is 0.398. The number of nitrogens with zero attached hydrogens (tertiary/aromatic N) is 1. The minimum absolute atomic E-state index is 0.635. The van der Waals surface area contributed by atoms with E-state index in [0.717, 1.165) is 17.6 Å². The van der Waals surface area contributed by atoms with Gasteiger partial charge in [0.25, 0.3) is 0 Å². The Balaban J connectivity index is 2.04. The maximum Gasteiger partial charge on any atom is 0.216 e. The molecule has 4 rings (SSSR count). The molecule has 2 heterocycles. The average molecular weight is 359 g/mol. The Morgan fingerprint density at radius 1 is 0.926 bits per heavy atom. The molecule has 2 nitrogen and oxygen atoms in total. The molecular weight excluding hydrogens is 330 g/mol. The summed E-state index contributed by atoms with van der Waals surface area (Å²) in [4.78, 5) is 0. The molecule has 0 fully saturated rings. The van der Waals surface area contributed by atoms with Crippen molar-refractivity contribution < 1.29 is 8.98 Å². The SMILES string of the molecule is Cc1ccc2c(c1)oc1c(-c3cc(CC(C)C)c(C)c[n+]3C)c(C)ccc12. The van der Waals surface area contributed by atoms with Crippen molar-refractivity contribution in [2.45, 2.75) is 41.0 Å². The van der Waals surface area contributed by atoms with Gasteiger partial charge in [0.1, 0.15) is 18.2 Å². The van der Waals surface area contributed by atoms with Crippen molar-refractivity contribution in [2.75, 3.05) is 0 Å². The molecule has 4 aromatic rings. The van der Waals surface area contributed by atoms with E-state index in [-0.39, 0.29) is 0 Å². The van der Waals surface area contributed by atoms with Gasteiger partial charge >= 0.3 is 0 Å². The van der Waals surface area contributed by atoms with E-state index in [4.69, 9.17) is 4.42 Å². The number of pyridine rings is 1. The van der Waals surface area contributed by atoms with Crippen molar-refractivity contribution in [3.05, 3.63) is 64.8 Å². The first-order valence-corrected chi connectivity index (χ1v) is 9.77. The summed E-state index contributed by atoms with van der Waals surface area (Å²) in [5, 5.41) is 2.38. The minimum atomic E-state index is 0.635. The summed E-state index contributed by atoms with van der Waals surface area (Å²) in [7, 11) is 2.13. The van der Waals surface area contributed by atoms with E-state index < -0.39 is 0 Å². The van der Waals surface area contributed by atoms with Crippen LogP contribution in [0.25, 0.3) is 33.2 Å². The van der Waals surface area contributed by atoms with Crippen LogP contribution in [0.2, 0.25) is 0 Å². The minimum Gasteiger partial charge on any atom is -0.455 e. The zero-order valence-electron chi connectivity index (χ0n) is 17.2. The maximum absolute atomic E-state index is 6.39. The van der Waals surface area contributed by atoms with Gasteiger partial charge < -0.3 is 4.42 Å². The van der Waals surface area contributed by atoms with Gasteiger partial charge in [-0.3, -0.25) is 0 Å². The summed E-state index contributed by atoms with van der Waals surface area (Å²) < 4.78 is 8.63. The molecular formula is C25H28NO+. The van der Waals surface area contributed by atoms with Crippen LogP contribution >= 0.6 is 0 Å². The van der Waals surface area contributed by atoms with E-state index in [1.807, 2.05) is 0 Å². The number of hydrogen-bond donors (Lipinski definition) is 0. The van der Waals surface area contributed by atoms with Gasteiger partial charge in [-0.15, -0.1) is 0 Å². The number of furan rings is 1. The third-order valence-electron chi connectivity index (χ3n) is 5.47. The van der Waals surface area contributed by atoms with E-state index >= 15 is 0 Å². The van der Waals surface area contributed by atoms with Crippen molar-refractivity contribution in [3.63, 3.8) is 0 Å². The van der Waals surface area contributed by atoms with Gasteiger partial charge in [-0.1, -0.05) is 38.1 Å². The number of aryl methyl sites for hydroxylation is 4. The second-order valence-electron chi connectivity index (χ2n) is 8.31. The van der Waals surface area contributed by atoms with E-state index in [0.29, 0.717) is 5.92 Å². The fourth-order valence-corrected chi connectivity index (χ4v) is 4.10. The van der Waals surface area contributed by atoms with Crippen LogP contribution in [0.1, 0.15) is 36.1 Å². The Hall–Kier alpha value is -2.61. The Labute approximate surface area is 161 Å². The van der Waals surface area contributed by atoms with Gasteiger partial charge in [0.2, 0.25) is 5.69 Å². The van der Waals surface area contributed by atoms with Crippen LogP contribution < -0.4 is 4.57 Å². The molecule has 0 bridgehead atoms. The molecule has 0 N–H and O–H groups in total. The summed E-state index contributed by atoms with van der Waals surface area (Å²) in [6.07, 6.45) is 3.34. The van der Waals surface area contributed by atoms with Crippen molar-refractivity contribution in [2.24, 2.45) is 13.0 Å². The van der Waals surface area contributed by atoms with Crippen molar-refractivity contribution in [1.82, 2.24) is 0 Å². The molecule has 2 aromatic heterocycles. The molecule has 0 amide bonds. The second-order valence-corrected chi connectivity index (χ2v) is 8.31. The lowest BCUT2D eigenvalue weighted by Crippen LogP contribution is -2.32. The lowest BCUT2D eigenvalue weighted by molar-refractivity contribution is -0.660. The van der Waals surface area contributed by atoms with Gasteiger partial charge in [0.05, 0.1) is 5.56 Å². The maximum atomic E-state index is 6.39. The highest BCUT2D eigenvalue weighted by molar-refractivity contribution is 6.09. The standard InChI is InChI=1S/C25H28NO/c1-15(2)11-19-13-22(26(6)14-18(19)5)24-17(4)8-10-21-20-9-7-16(3)12-23(20)27-25(21)24/h7-10,12-15H,11H2,1-6H3/q+1. The summed E-state index contributed by atoms with van der Waals surface area (Å²) in [6, 6.07) is 13.2. The summed E-state index contributed by atoms with van der Waals surface area (Å²) >= 11 is 0. The predicted molar refractivity (Wildman–Crippen MR) is 113 cm³/mol. The first kappa shape index (κ1) is 17.8. The van der Waals surface area contributed by atoms with Gasteiger partial charge in [0.15, 0.2) is 6.20 Å².